The van der Waals surface area contributed by atoms with Crippen LogP contribution in [0, 0.1) is 13.8 Å². The summed E-state index contributed by atoms with van der Waals surface area (Å²) in [4.78, 5) is 28.2. The van der Waals surface area contributed by atoms with Crippen molar-refractivity contribution in [3.63, 3.8) is 0 Å². The standard InChI is InChI=1S/C24H24N4O4S/c1-4-31-23(30)21-15(2)20(16(3)25-21)18(29)14-33-24-27-26-22(19-11-8-12-32-19)28(24)13-17-9-6-5-7-10-17/h5-12,25H,4,13-14H2,1-3H3. The van der Waals surface area contributed by atoms with Crippen molar-refractivity contribution in [1.29, 1.82) is 0 Å². The highest BCUT2D eigenvalue weighted by atomic mass is 32.2. The molecule has 1 N–H and O–H groups in total. The number of nitrogens with one attached hydrogen (secondary N) is 1. The first-order chi connectivity index (χ1) is 16.0. The first kappa shape index (κ1) is 22.6. The summed E-state index contributed by atoms with van der Waals surface area (Å²) < 4.78 is 12.6. The third-order valence-corrected chi connectivity index (χ3v) is 6.14. The lowest BCUT2D eigenvalue weighted by atomic mass is 10.1. The van der Waals surface area contributed by atoms with Gasteiger partial charge < -0.3 is 14.1 Å². The summed E-state index contributed by atoms with van der Waals surface area (Å²) in [5.41, 5.74) is 3.14. The second kappa shape index (κ2) is 9.91. The fourth-order valence-corrected chi connectivity index (χ4v) is 4.48. The average Bonchev–Trinajstić information content (AvgIpc) is 3.53. The summed E-state index contributed by atoms with van der Waals surface area (Å²) in [7, 11) is 0. The van der Waals surface area contributed by atoms with E-state index >= 15 is 0 Å². The Kier molecular flexibility index (Phi) is 6.79. The van der Waals surface area contributed by atoms with Crippen LogP contribution in [-0.2, 0) is 11.3 Å². The Morgan fingerprint density at radius 2 is 1.91 bits per heavy atom. The van der Waals surface area contributed by atoms with E-state index in [4.69, 9.17) is 9.15 Å². The number of esters is 1. The first-order valence-corrected chi connectivity index (χ1v) is 11.5. The minimum atomic E-state index is -0.463. The number of nitrogens with zero attached hydrogens (tertiary/aromatic N) is 3. The van der Waals surface area contributed by atoms with E-state index in [-0.39, 0.29) is 18.1 Å². The highest BCUT2D eigenvalue weighted by Crippen LogP contribution is 2.27. The number of hydrogen-bond donors (Lipinski definition) is 1. The Bertz CT molecular complexity index is 1260. The molecule has 33 heavy (non-hydrogen) atoms. The molecule has 0 aliphatic rings. The zero-order chi connectivity index (χ0) is 23.4. The van der Waals surface area contributed by atoms with Crippen molar-refractivity contribution in [2.75, 3.05) is 12.4 Å². The van der Waals surface area contributed by atoms with Crippen LogP contribution >= 0.6 is 11.8 Å². The van der Waals surface area contributed by atoms with Gasteiger partial charge in [-0.3, -0.25) is 9.36 Å². The third-order valence-electron chi connectivity index (χ3n) is 5.17. The van der Waals surface area contributed by atoms with Crippen molar-refractivity contribution in [3.05, 3.63) is 76.8 Å². The molecule has 0 unspecified atom stereocenters. The zero-order valence-electron chi connectivity index (χ0n) is 18.6. The number of ether oxygens (including phenoxy) is 1. The van der Waals surface area contributed by atoms with Gasteiger partial charge in [-0.2, -0.15) is 0 Å². The van der Waals surface area contributed by atoms with Crippen LogP contribution in [0.15, 0.2) is 58.3 Å². The number of furan rings is 1. The normalized spacial score (nSPS) is 11.0. The van der Waals surface area contributed by atoms with Crippen LogP contribution in [-0.4, -0.2) is 43.9 Å². The molecule has 0 bridgehead atoms. The number of aromatic nitrogens is 4. The molecular formula is C24H24N4O4S. The number of aryl methyl sites for hydroxylation is 1. The highest BCUT2D eigenvalue weighted by Gasteiger charge is 2.24. The Morgan fingerprint density at radius 1 is 1.12 bits per heavy atom. The van der Waals surface area contributed by atoms with Crippen molar-refractivity contribution < 1.29 is 18.7 Å². The Hall–Kier alpha value is -3.59. The number of aromatic amines is 1. The van der Waals surface area contributed by atoms with Crippen LogP contribution in [0.4, 0.5) is 0 Å². The number of rotatable bonds is 9. The smallest absolute Gasteiger partial charge is 0.355 e. The van der Waals surface area contributed by atoms with Gasteiger partial charge in [0.2, 0.25) is 5.82 Å². The molecule has 0 radical (unpaired) electrons. The average molecular weight is 465 g/mol. The van der Waals surface area contributed by atoms with Gasteiger partial charge in [-0.05, 0) is 44.0 Å². The number of Topliss-reactive ketones (excluding diaryl/α,β-unsaturated/α-hetero) is 1. The molecule has 0 amide bonds. The van der Waals surface area contributed by atoms with E-state index in [1.54, 1.807) is 33.1 Å². The molecule has 1 aromatic carbocycles. The highest BCUT2D eigenvalue weighted by molar-refractivity contribution is 7.99. The summed E-state index contributed by atoms with van der Waals surface area (Å²) >= 11 is 1.30. The van der Waals surface area contributed by atoms with Crippen LogP contribution in [0.2, 0.25) is 0 Å². The molecule has 170 valence electrons. The topological polar surface area (TPSA) is 103 Å². The zero-order valence-corrected chi connectivity index (χ0v) is 19.4. The summed E-state index contributed by atoms with van der Waals surface area (Å²) in [6, 6.07) is 13.6. The summed E-state index contributed by atoms with van der Waals surface area (Å²) in [5, 5.41) is 9.23. The number of carbonyl (C=O) groups excluding carboxylic acids is 2. The number of ketones is 1. The maximum absolute atomic E-state index is 13.1. The summed E-state index contributed by atoms with van der Waals surface area (Å²) in [5.74, 6) is 0.781. The van der Waals surface area contributed by atoms with E-state index < -0.39 is 5.97 Å². The summed E-state index contributed by atoms with van der Waals surface area (Å²) in [6.07, 6.45) is 1.59. The lowest BCUT2D eigenvalue weighted by Gasteiger charge is -2.09. The van der Waals surface area contributed by atoms with Crippen LogP contribution in [0.3, 0.4) is 0 Å². The van der Waals surface area contributed by atoms with E-state index in [1.165, 1.54) is 11.8 Å². The van der Waals surface area contributed by atoms with Gasteiger partial charge in [0.25, 0.3) is 0 Å². The molecular weight excluding hydrogens is 440 g/mol. The molecule has 0 aliphatic carbocycles. The van der Waals surface area contributed by atoms with Gasteiger partial charge in [-0.1, -0.05) is 42.1 Å². The summed E-state index contributed by atoms with van der Waals surface area (Å²) in [6.45, 7) is 6.08. The van der Waals surface area contributed by atoms with Crippen molar-refractivity contribution in [2.24, 2.45) is 0 Å². The maximum Gasteiger partial charge on any atom is 0.355 e. The number of hydrogen-bond acceptors (Lipinski definition) is 7. The Morgan fingerprint density at radius 3 is 2.61 bits per heavy atom. The maximum atomic E-state index is 13.1. The van der Waals surface area contributed by atoms with Crippen molar-refractivity contribution in [2.45, 2.75) is 32.5 Å². The molecule has 0 spiro atoms. The van der Waals surface area contributed by atoms with Crippen molar-refractivity contribution >= 4 is 23.5 Å². The van der Waals surface area contributed by atoms with Gasteiger partial charge in [-0.15, -0.1) is 10.2 Å². The third kappa shape index (κ3) is 4.78. The molecule has 3 heterocycles. The minimum Gasteiger partial charge on any atom is -0.461 e. The second-order valence-corrected chi connectivity index (χ2v) is 8.36. The molecule has 4 rings (SSSR count). The van der Waals surface area contributed by atoms with Gasteiger partial charge >= 0.3 is 5.97 Å². The van der Waals surface area contributed by atoms with E-state index in [1.807, 2.05) is 41.0 Å². The Labute approximate surface area is 195 Å². The van der Waals surface area contributed by atoms with Crippen molar-refractivity contribution in [1.82, 2.24) is 19.7 Å². The second-order valence-electron chi connectivity index (χ2n) is 7.41. The number of H-pyrrole nitrogens is 1. The Balaban J connectivity index is 1.58. The van der Waals surface area contributed by atoms with E-state index in [2.05, 4.69) is 15.2 Å². The van der Waals surface area contributed by atoms with E-state index in [0.29, 0.717) is 45.8 Å². The fourth-order valence-electron chi connectivity index (χ4n) is 3.67. The van der Waals surface area contributed by atoms with Crippen LogP contribution < -0.4 is 0 Å². The van der Waals surface area contributed by atoms with Crippen LogP contribution in [0.25, 0.3) is 11.6 Å². The molecule has 8 nitrogen and oxygen atoms in total. The van der Waals surface area contributed by atoms with Crippen LogP contribution in [0.5, 0.6) is 0 Å². The molecule has 0 aliphatic heterocycles. The fraction of sp³-hybridized carbons (Fsp3) is 0.250. The number of benzene rings is 1. The predicted molar refractivity (Wildman–Crippen MR) is 125 cm³/mol. The largest absolute Gasteiger partial charge is 0.461 e. The van der Waals surface area contributed by atoms with Gasteiger partial charge in [0.05, 0.1) is 25.2 Å². The predicted octanol–water partition coefficient (Wildman–Crippen LogP) is 4.68. The molecule has 4 aromatic rings. The lowest BCUT2D eigenvalue weighted by Crippen LogP contribution is -2.09. The molecule has 0 fully saturated rings. The van der Waals surface area contributed by atoms with Crippen LogP contribution in [0.1, 0.15) is 44.6 Å². The van der Waals surface area contributed by atoms with Crippen molar-refractivity contribution in [3.8, 4) is 11.6 Å². The molecule has 3 aromatic heterocycles. The van der Waals surface area contributed by atoms with Gasteiger partial charge in [0.1, 0.15) is 5.69 Å². The molecule has 9 heteroatoms. The van der Waals surface area contributed by atoms with Gasteiger partial charge in [0, 0.05) is 11.3 Å². The first-order valence-electron chi connectivity index (χ1n) is 10.5. The number of thioether (sulfide) groups is 1. The molecule has 0 atom stereocenters. The molecule has 0 saturated heterocycles. The van der Waals surface area contributed by atoms with E-state index in [0.717, 1.165) is 5.56 Å². The van der Waals surface area contributed by atoms with Gasteiger partial charge in [-0.25, -0.2) is 4.79 Å². The lowest BCUT2D eigenvalue weighted by molar-refractivity contribution is 0.0519. The monoisotopic (exact) mass is 464 g/mol. The quantitative estimate of drug-likeness (QED) is 0.218. The van der Waals surface area contributed by atoms with Gasteiger partial charge in [0.15, 0.2) is 16.7 Å². The minimum absolute atomic E-state index is 0.101. The molecule has 0 saturated carbocycles. The SMILES string of the molecule is CCOC(=O)c1[nH]c(C)c(C(=O)CSc2nnc(-c3ccco3)n2Cc2ccccc2)c1C. The van der Waals surface area contributed by atoms with E-state index in [9.17, 15) is 9.59 Å². The number of carbonyl (C=O) groups is 2.